The van der Waals surface area contributed by atoms with Crippen LogP contribution in [0.4, 0.5) is 0 Å². The van der Waals surface area contributed by atoms with Gasteiger partial charge >= 0.3 is 0 Å². The quantitative estimate of drug-likeness (QED) is 0.651. The second kappa shape index (κ2) is 6.74. The molecule has 0 saturated carbocycles. The molecular weight excluding hydrogens is 260 g/mol. The SMILES string of the molecule is Cc1cccc(C)c1C(NN)c1ccc(OC(C)C)cc1. The van der Waals surface area contributed by atoms with Gasteiger partial charge in [-0.1, -0.05) is 30.3 Å². The van der Waals surface area contributed by atoms with Gasteiger partial charge in [0.05, 0.1) is 12.1 Å². The van der Waals surface area contributed by atoms with Crippen molar-refractivity contribution in [1.82, 2.24) is 5.43 Å². The zero-order valence-corrected chi connectivity index (χ0v) is 13.2. The number of aryl methyl sites for hydroxylation is 2. The maximum absolute atomic E-state index is 5.81. The van der Waals surface area contributed by atoms with E-state index in [-0.39, 0.29) is 12.1 Å². The molecule has 1 atom stereocenters. The van der Waals surface area contributed by atoms with Crippen molar-refractivity contribution in [3.8, 4) is 5.75 Å². The van der Waals surface area contributed by atoms with Crippen molar-refractivity contribution in [3.63, 3.8) is 0 Å². The van der Waals surface area contributed by atoms with Crippen LogP contribution in [0.5, 0.6) is 5.75 Å². The lowest BCUT2D eigenvalue weighted by atomic mass is 9.92. The maximum atomic E-state index is 5.81. The molecule has 3 N–H and O–H groups in total. The maximum Gasteiger partial charge on any atom is 0.119 e. The molecule has 0 aliphatic heterocycles. The number of rotatable bonds is 5. The number of hydrazine groups is 1. The molecule has 0 aromatic heterocycles. The number of ether oxygens (including phenoxy) is 1. The van der Waals surface area contributed by atoms with Crippen LogP contribution in [0.15, 0.2) is 42.5 Å². The summed E-state index contributed by atoms with van der Waals surface area (Å²) in [6, 6.07) is 14.4. The van der Waals surface area contributed by atoms with Crippen molar-refractivity contribution in [3.05, 3.63) is 64.7 Å². The number of nitrogens with two attached hydrogens (primary N) is 1. The zero-order chi connectivity index (χ0) is 15.4. The first-order valence-corrected chi connectivity index (χ1v) is 7.31. The van der Waals surface area contributed by atoms with E-state index in [0.717, 1.165) is 11.3 Å². The van der Waals surface area contributed by atoms with Crippen LogP contribution in [0.1, 0.15) is 42.1 Å². The first-order valence-electron chi connectivity index (χ1n) is 7.31. The Balaban J connectivity index is 2.33. The zero-order valence-electron chi connectivity index (χ0n) is 13.2. The summed E-state index contributed by atoms with van der Waals surface area (Å²) in [4.78, 5) is 0. The Hall–Kier alpha value is -1.84. The number of hydrogen-bond donors (Lipinski definition) is 2. The predicted molar refractivity (Wildman–Crippen MR) is 87.3 cm³/mol. The highest BCUT2D eigenvalue weighted by molar-refractivity contribution is 5.42. The minimum atomic E-state index is -0.0145. The molecule has 1 unspecified atom stereocenters. The molecule has 21 heavy (non-hydrogen) atoms. The molecule has 0 fully saturated rings. The first kappa shape index (κ1) is 15.5. The molecule has 0 amide bonds. The fraction of sp³-hybridized carbons (Fsp3) is 0.333. The van der Waals surface area contributed by atoms with Gasteiger partial charge in [-0.2, -0.15) is 0 Å². The highest BCUT2D eigenvalue weighted by atomic mass is 16.5. The number of benzene rings is 2. The van der Waals surface area contributed by atoms with Gasteiger partial charge in [0, 0.05) is 0 Å². The molecule has 3 nitrogen and oxygen atoms in total. The average Bonchev–Trinajstić information content (AvgIpc) is 2.44. The Morgan fingerprint density at radius 3 is 2.00 bits per heavy atom. The minimum Gasteiger partial charge on any atom is -0.491 e. The second-order valence-corrected chi connectivity index (χ2v) is 5.64. The molecule has 0 bridgehead atoms. The summed E-state index contributed by atoms with van der Waals surface area (Å²) in [5, 5.41) is 0. The van der Waals surface area contributed by atoms with Gasteiger partial charge in [0.2, 0.25) is 0 Å². The van der Waals surface area contributed by atoms with Crippen LogP contribution >= 0.6 is 0 Å². The monoisotopic (exact) mass is 284 g/mol. The lowest BCUT2D eigenvalue weighted by Gasteiger charge is -2.22. The Morgan fingerprint density at radius 2 is 1.52 bits per heavy atom. The van der Waals surface area contributed by atoms with E-state index in [2.05, 4.69) is 49.6 Å². The summed E-state index contributed by atoms with van der Waals surface area (Å²) in [5.74, 6) is 6.69. The van der Waals surface area contributed by atoms with Crippen LogP contribution in [-0.4, -0.2) is 6.10 Å². The van der Waals surface area contributed by atoms with Crippen LogP contribution in [0.25, 0.3) is 0 Å². The standard InChI is InChI=1S/C18H24N2O/c1-12(2)21-16-10-8-15(9-11-16)18(20-19)17-13(3)6-5-7-14(17)4/h5-12,18,20H,19H2,1-4H3. The van der Waals surface area contributed by atoms with Crippen LogP contribution < -0.4 is 16.0 Å². The Bertz CT molecular complexity index is 570. The van der Waals surface area contributed by atoms with Crippen LogP contribution in [0.2, 0.25) is 0 Å². The van der Waals surface area contributed by atoms with E-state index in [9.17, 15) is 0 Å². The topological polar surface area (TPSA) is 47.3 Å². The van der Waals surface area contributed by atoms with Crippen molar-refractivity contribution < 1.29 is 4.74 Å². The lowest BCUT2D eigenvalue weighted by Crippen LogP contribution is -2.30. The highest BCUT2D eigenvalue weighted by Gasteiger charge is 2.16. The van der Waals surface area contributed by atoms with Crippen molar-refractivity contribution in [2.75, 3.05) is 0 Å². The van der Waals surface area contributed by atoms with E-state index in [1.165, 1.54) is 16.7 Å². The summed E-state index contributed by atoms with van der Waals surface area (Å²) in [7, 11) is 0. The molecule has 2 aromatic carbocycles. The van der Waals surface area contributed by atoms with Gasteiger partial charge < -0.3 is 4.74 Å². The predicted octanol–water partition coefficient (Wildman–Crippen LogP) is 3.64. The van der Waals surface area contributed by atoms with E-state index in [1.54, 1.807) is 0 Å². The molecule has 0 heterocycles. The largest absolute Gasteiger partial charge is 0.491 e. The van der Waals surface area contributed by atoms with Crippen LogP contribution in [-0.2, 0) is 0 Å². The smallest absolute Gasteiger partial charge is 0.119 e. The highest BCUT2D eigenvalue weighted by Crippen LogP contribution is 2.28. The normalized spacial score (nSPS) is 12.5. The molecule has 0 radical (unpaired) electrons. The van der Waals surface area contributed by atoms with E-state index in [1.807, 2.05) is 26.0 Å². The van der Waals surface area contributed by atoms with Crippen LogP contribution in [0.3, 0.4) is 0 Å². The van der Waals surface area contributed by atoms with E-state index >= 15 is 0 Å². The van der Waals surface area contributed by atoms with Crippen molar-refractivity contribution in [2.45, 2.75) is 39.8 Å². The van der Waals surface area contributed by atoms with Gasteiger partial charge in [-0.05, 0) is 62.1 Å². The van der Waals surface area contributed by atoms with Gasteiger partial charge in [-0.25, -0.2) is 5.43 Å². The summed E-state index contributed by atoms with van der Waals surface area (Å²) in [5.41, 5.74) is 7.77. The van der Waals surface area contributed by atoms with Crippen molar-refractivity contribution in [1.29, 1.82) is 0 Å². The van der Waals surface area contributed by atoms with Gasteiger partial charge in [-0.3, -0.25) is 5.84 Å². The molecule has 2 aromatic rings. The molecule has 2 rings (SSSR count). The fourth-order valence-corrected chi connectivity index (χ4v) is 2.64. The molecular formula is C18H24N2O. The summed E-state index contributed by atoms with van der Waals surface area (Å²) < 4.78 is 5.68. The number of hydrogen-bond acceptors (Lipinski definition) is 3. The van der Waals surface area contributed by atoms with E-state index in [0.29, 0.717) is 0 Å². The molecule has 112 valence electrons. The van der Waals surface area contributed by atoms with Gasteiger partial charge in [0.1, 0.15) is 5.75 Å². The van der Waals surface area contributed by atoms with Crippen LogP contribution in [0, 0.1) is 13.8 Å². The summed E-state index contributed by atoms with van der Waals surface area (Å²) in [6.07, 6.45) is 0.179. The molecule has 3 heteroatoms. The van der Waals surface area contributed by atoms with Crippen molar-refractivity contribution >= 4 is 0 Å². The molecule has 0 spiro atoms. The van der Waals surface area contributed by atoms with E-state index < -0.39 is 0 Å². The van der Waals surface area contributed by atoms with Crippen molar-refractivity contribution in [2.24, 2.45) is 5.84 Å². The van der Waals surface area contributed by atoms with Gasteiger partial charge in [0.25, 0.3) is 0 Å². The molecule has 0 aliphatic carbocycles. The fourth-order valence-electron chi connectivity index (χ4n) is 2.64. The summed E-state index contributed by atoms with van der Waals surface area (Å²) in [6.45, 7) is 8.27. The average molecular weight is 284 g/mol. The Kier molecular flexibility index (Phi) is 4.99. The van der Waals surface area contributed by atoms with E-state index in [4.69, 9.17) is 10.6 Å². The minimum absolute atomic E-state index is 0.0145. The summed E-state index contributed by atoms with van der Waals surface area (Å²) >= 11 is 0. The lowest BCUT2D eigenvalue weighted by molar-refractivity contribution is 0.242. The number of nitrogens with one attached hydrogen (secondary N) is 1. The van der Waals surface area contributed by atoms with Gasteiger partial charge in [-0.15, -0.1) is 0 Å². The second-order valence-electron chi connectivity index (χ2n) is 5.64. The third-order valence-electron chi connectivity index (χ3n) is 3.58. The molecule has 0 aliphatic rings. The third kappa shape index (κ3) is 3.63. The Labute approximate surface area is 127 Å². The third-order valence-corrected chi connectivity index (χ3v) is 3.58. The first-order chi connectivity index (χ1) is 10.0. The molecule has 0 saturated heterocycles. The van der Waals surface area contributed by atoms with Gasteiger partial charge in [0.15, 0.2) is 0 Å². The Morgan fingerprint density at radius 1 is 0.952 bits per heavy atom.